The van der Waals surface area contributed by atoms with Crippen LogP contribution in [0, 0.1) is 0 Å². The molecule has 0 aliphatic rings. The third-order valence-corrected chi connectivity index (χ3v) is 1.21. The summed E-state index contributed by atoms with van der Waals surface area (Å²) in [6.07, 6.45) is 1.43. The van der Waals surface area contributed by atoms with Crippen molar-refractivity contribution < 1.29 is 9.59 Å². The molecular formula is C6H10BNO2. The highest BCUT2D eigenvalue weighted by Gasteiger charge is 2.08. The van der Waals surface area contributed by atoms with Gasteiger partial charge < -0.3 is 10.5 Å². The maximum Gasteiger partial charge on any atom is 0.141 e. The lowest BCUT2D eigenvalue weighted by atomic mass is 9.94. The van der Waals surface area contributed by atoms with E-state index in [0.29, 0.717) is 12.8 Å². The highest BCUT2D eigenvalue weighted by atomic mass is 16.1. The number of carbonyl (C=O) groups is 2. The number of carbonyl (C=O) groups excluding carboxylic acids is 2. The Morgan fingerprint density at radius 3 is 2.70 bits per heavy atom. The van der Waals surface area contributed by atoms with Crippen molar-refractivity contribution in [2.24, 2.45) is 5.73 Å². The minimum absolute atomic E-state index is 0.0416. The van der Waals surface area contributed by atoms with Crippen LogP contribution < -0.4 is 5.73 Å². The van der Waals surface area contributed by atoms with Crippen LogP contribution >= 0.6 is 0 Å². The lowest BCUT2D eigenvalue weighted by Crippen LogP contribution is -2.29. The molecule has 1 atom stereocenters. The second-order valence-electron chi connectivity index (χ2n) is 2.02. The molecule has 0 bridgehead atoms. The van der Waals surface area contributed by atoms with Gasteiger partial charge in [0.1, 0.15) is 12.1 Å². The van der Waals surface area contributed by atoms with E-state index in [9.17, 15) is 9.59 Å². The molecule has 0 aromatic carbocycles. The third kappa shape index (κ3) is 3.40. The van der Waals surface area contributed by atoms with Gasteiger partial charge in [-0.05, 0) is 12.7 Å². The van der Waals surface area contributed by atoms with Gasteiger partial charge in [-0.15, -0.1) is 0 Å². The van der Waals surface area contributed by atoms with E-state index >= 15 is 0 Å². The summed E-state index contributed by atoms with van der Waals surface area (Å²) in [7, 11) is 5.03. The Balaban J connectivity index is 3.50. The molecule has 0 amide bonds. The van der Waals surface area contributed by atoms with Gasteiger partial charge in [0.2, 0.25) is 0 Å². The van der Waals surface area contributed by atoms with Crippen LogP contribution in [-0.4, -0.2) is 26.0 Å². The summed E-state index contributed by atoms with van der Waals surface area (Å²) in [4.78, 5) is 20.5. The van der Waals surface area contributed by atoms with Crippen molar-refractivity contribution in [2.75, 3.05) is 0 Å². The number of Topliss-reactive ketones (excluding diaryl/α,β-unsaturated/α-hetero) is 1. The summed E-state index contributed by atoms with van der Waals surface area (Å²) in [5, 5.41) is 0. The van der Waals surface area contributed by atoms with Crippen molar-refractivity contribution in [2.45, 2.75) is 25.2 Å². The predicted molar refractivity (Wildman–Crippen MR) is 38.8 cm³/mol. The zero-order valence-electron chi connectivity index (χ0n) is 5.75. The van der Waals surface area contributed by atoms with Crippen molar-refractivity contribution in [3.63, 3.8) is 0 Å². The average Bonchev–Trinajstić information content (AvgIpc) is 1.98. The highest BCUT2D eigenvalue weighted by Crippen LogP contribution is 1.94. The van der Waals surface area contributed by atoms with Gasteiger partial charge in [-0.1, -0.05) is 0 Å². The number of hydrogen-bond donors (Lipinski definition) is 1. The molecule has 0 aromatic rings. The van der Waals surface area contributed by atoms with E-state index in [0.717, 1.165) is 6.29 Å². The van der Waals surface area contributed by atoms with Gasteiger partial charge in [0.15, 0.2) is 0 Å². The van der Waals surface area contributed by atoms with Crippen molar-refractivity contribution in [3.8, 4) is 0 Å². The zero-order valence-corrected chi connectivity index (χ0v) is 5.75. The van der Waals surface area contributed by atoms with Gasteiger partial charge in [-0.3, -0.25) is 4.79 Å². The van der Waals surface area contributed by atoms with E-state index in [-0.39, 0.29) is 12.1 Å². The number of aldehydes is 1. The molecule has 2 radical (unpaired) electrons. The molecule has 4 heteroatoms. The quantitative estimate of drug-likeness (QED) is 0.410. The fraction of sp³-hybridized carbons (Fsp3) is 0.667. The van der Waals surface area contributed by atoms with Crippen molar-refractivity contribution in [1.29, 1.82) is 0 Å². The second-order valence-corrected chi connectivity index (χ2v) is 2.02. The topological polar surface area (TPSA) is 60.2 Å². The van der Waals surface area contributed by atoms with E-state index < -0.39 is 6.04 Å². The first-order valence-electron chi connectivity index (χ1n) is 3.14. The number of ketones is 1. The van der Waals surface area contributed by atoms with E-state index in [4.69, 9.17) is 13.6 Å². The van der Waals surface area contributed by atoms with Crippen LogP contribution in [0.4, 0.5) is 0 Å². The molecule has 0 aliphatic carbocycles. The first kappa shape index (κ1) is 9.36. The Bertz CT molecular complexity index is 127. The molecule has 10 heavy (non-hydrogen) atoms. The van der Waals surface area contributed by atoms with Crippen molar-refractivity contribution in [1.82, 2.24) is 0 Å². The fourth-order valence-electron chi connectivity index (χ4n) is 0.560. The normalized spacial score (nSPS) is 12.5. The Labute approximate surface area is 61.4 Å². The minimum Gasteiger partial charge on any atom is -0.322 e. The van der Waals surface area contributed by atoms with Crippen molar-refractivity contribution >= 4 is 19.9 Å². The SMILES string of the molecule is [B]CC(=O)C(N)CCC=O. The molecule has 0 saturated heterocycles. The Kier molecular flexibility index (Phi) is 4.85. The van der Waals surface area contributed by atoms with Gasteiger partial charge in [0.05, 0.1) is 13.9 Å². The van der Waals surface area contributed by atoms with Gasteiger partial charge >= 0.3 is 0 Å². The summed E-state index contributed by atoms with van der Waals surface area (Å²) in [5.41, 5.74) is 5.33. The monoisotopic (exact) mass is 139 g/mol. The maximum atomic E-state index is 10.7. The van der Waals surface area contributed by atoms with Crippen LogP contribution in [0.2, 0.25) is 6.32 Å². The Morgan fingerprint density at radius 1 is 1.70 bits per heavy atom. The Hall–Kier alpha value is -0.635. The van der Waals surface area contributed by atoms with Crippen molar-refractivity contribution in [3.05, 3.63) is 0 Å². The van der Waals surface area contributed by atoms with Crippen LogP contribution in [0.3, 0.4) is 0 Å². The Morgan fingerprint density at radius 2 is 2.30 bits per heavy atom. The standard InChI is InChI=1S/C6H10BNO2/c7-4-6(10)5(8)2-1-3-9/h3,5H,1-2,4,8H2. The highest BCUT2D eigenvalue weighted by molar-refractivity contribution is 6.21. The molecule has 0 aromatic heterocycles. The van der Waals surface area contributed by atoms with Crippen LogP contribution in [0.1, 0.15) is 12.8 Å². The maximum absolute atomic E-state index is 10.7. The van der Waals surface area contributed by atoms with Crippen LogP contribution in [0.5, 0.6) is 0 Å². The molecule has 2 N–H and O–H groups in total. The first-order chi connectivity index (χ1) is 4.72. The summed E-state index contributed by atoms with van der Waals surface area (Å²) in [5.74, 6) is -0.193. The molecule has 0 rings (SSSR count). The van der Waals surface area contributed by atoms with E-state index in [1.54, 1.807) is 0 Å². The minimum atomic E-state index is -0.560. The van der Waals surface area contributed by atoms with Gasteiger partial charge in [0.25, 0.3) is 0 Å². The van der Waals surface area contributed by atoms with Gasteiger partial charge in [-0.2, -0.15) is 0 Å². The number of nitrogens with two attached hydrogens (primary N) is 1. The largest absolute Gasteiger partial charge is 0.322 e. The summed E-state index contributed by atoms with van der Waals surface area (Å²) >= 11 is 0. The average molecular weight is 139 g/mol. The number of rotatable bonds is 5. The fourth-order valence-corrected chi connectivity index (χ4v) is 0.560. The van der Waals surface area contributed by atoms with Gasteiger partial charge in [0, 0.05) is 6.42 Å². The summed E-state index contributed by atoms with van der Waals surface area (Å²) in [6, 6.07) is -0.560. The summed E-state index contributed by atoms with van der Waals surface area (Å²) < 4.78 is 0. The molecule has 0 spiro atoms. The lowest BCUT2D eigenvalue weighted by Gasteiger charge is -2.05. The molecule has 3 nitrogen and oxygen atoms in total. The molecule has 0 heterocycles. The molecular weight excluding hydrogens is 129 g/mol. The molecule has 54 valence electrons. The van der Waals surface area contributed by atoms with Crippen LogP contribution in [0.25, 0.3) is 0 Å². The van der Waals surface area contributed by atoms with Crippen LogP contribution in [0.15, 0.2) is 0 Å². The lowest BCUT2D eigenvalue weighted by molar-refractivity contribution is -0.118. The molecule has 0 saturated carbocycles. The van der Waals surface area contributed by atoms with E-state index in [1.165, 1.54) is 0 Å². The summed E-state index contributed by atoms with van der Waals surface area (Å²) in [6.45, 7) is 0. The predicted octanol–water partition coefficient (Wildman–Crippen LogP) is -0.551. The van der Waals surface area contributed by atoms with E-state index in [2.05, 4.69) is 0 Å². The molecule has 0 aliphatic heterocycles. The van der Waals surface area contributed by atoms with Crippen LogP contribution in [-0.2, 0) is 9.59 Å². The first-order valence-corrected chi connectivity index (χ1v) is 3.14. The van der Waals surface area contributed by atoms with Gasteiger partial charge in [-0.25, -0.2) is 0 Å². The number of hydrogen-bond acceptors (Lipinski definition) is 3. The van der Waals surface area contributed by atoms with E-state index in [1.807, 2.05) is 0 Å². The molecule has 1 unspecified atom stereocenters. The zero-order chi connectivity index (χ0) is 7.98. The smallest absolute Gasteiger partial charge is 0.141 e. The molecule has 0 fully saturated rings. The third-order valence-electron chi connectivity index (χ3n) is 1.21. The second kappa shape index (κ2) is 5.17.